The first-order chi connectivity index (χ1) is 8.00. The maximum atomic E-state index is 12.4. The fourth-order valence-corrected chi connectivity index (χ4v) is 2.36. The van der Waals surface area contributed by atoms with Crippen molar-refractivity contribution in [2.75, 3.05) is 0 Å². The lowest BCUT2D eigenvalue weighted by Gasteiger charge is -2.06. The molecule has 0 saturated heterocycles. The maximum absolute atomic E-state index is 12.4. The van der Waals surface area contributed by atoms with Crippen LogP contribution in [0.25, 0.3) is 10.4 Å². The Hall–Kier alpha value is -1.33. The van der Waals surface area contributed by atoms with Crippen LogP contribution in [0.3, 0.4) is 0 Å². The number of halogens is 3. The molecule has 2 aromatic rings. The van der Waals surface area contributed by atoms with Crippen molar-refractivity contribution in [1.29, 1.82) is 0 Å². The van der Waals surface area contributed by atoms with E-state index in [4.69, 9.17) is 5.73 Å². The van der Waals surface area contributed by atoms with Crippen molar-refractivity contribution in [3.63, 3.8) is 0 Å². The first-order valence-electron chi connectivity index (χ1n) is 4.97. The van der Waals surface area contributed by atoms with E-state index in [-0.39, 0.29) is 0 Å². The lowest BCUT2D eigenvalue weighted by Crippen LogP contribution is -2.03. The molecule has 2 N–H and O–H groups in total. The summed E-state index contributed by atoms with van der Waals surface area (Å²) in [5.41, 5.74) is 5.64. The Morgan fingerprint density at radius 1 is 1.00 bits per heavy atom. The van der Waals surface area contributed by atoms with Gasteiger partial charge in [-0.1, -0.05) is 12.1 Å². The highest BCUT2D eigenvalue weighted by atomic mass is 32.1. The number of hydrogen-bond acceptors (Lipinski definition) is 2. The molecular weight excluding hydrogens is 247 g/mol. The zero-order chi connectivity index (χ0) is 12.5. The molecule has 0 aliphatic heterocycles. The van der Waals surface area contributed by atoms with Crippen LogP contribution in [0, 0.1) is 0 Å². The summed E-state index contributed by atoms with van der Waals surface area (Å²) in [6.07, 6.45) is -4.28. The fourth-order valence-electron chi connectivity index (χ4n) is 1.47. The molecule has 1 aromatic heterocycles. The van der Waals surface area contributed by atoms with Gasteiger partial charge in [0.15, 0.2) is 0 Å². The number of alkyl halides is 3. The Balaban J connectivity index is 2.29. The average molecular weight is 257 g/mol. The minimum absolute atomic E-state index is 0.450. The van der Waals surface area contributed by atoms with Crippen molar-refractivity contribution in [1.82, 2.24) is 0 Å². The molecule has 2 rings (SSSR count). The van der Waals surface area contributed by atoms with Gasteiger partial charge >= 0.3 is 6.18 Å². The predicted octanol–water partition coefficient (Wildman–Crippen LogP) is 3.89. The summed E-state index contributed by atoms with van der Waals surface area (Å²) in [5, 5.41) is 0. The Morgan fingerprint density at radius 2 is 1.65 bits per heavy atom. The summed E-state index contributed by atoms with van der Waals surface area (Å²) in [6, 6.07) is 8.91. The van der Waals surface area contributed by atoms with E-state index < -0.39 is 11.7 Å². The van der Waals surface area contributed by atoms with E-state index in [1.807, 2.05) is 12.1 Å². The SMILES string of the molecule is NCc1ccc(-c2ccc(C(F)(F)F)cc2)s1. The third-order valence-corrected chi connectivity index (χ3v) is 3.52. The molecule has 0 bridgehead atoms. The third-order valence-electron chi connectivity index (χ3n) is 2.36. The van der Waals surface area contributed by atoms with Gasteiger partial charge in [0.1, 0.15) is 0 Å². The molecule has 1 nitrogen and oxygen atoms in total. The van der Waals surface area contributed by atoms with Gasteiger partial charge in [-0.05, 0) is 29.8 Å². The Bertz CT molecular complexity index is 499. The van der Waals surface area contributed by atoms with Gasteiger partial charge in [0.2, 0.25) is 0 Å². The van der Waals surface area contributed by atoms with E-state index in [9.17, 15) is 13.2 Å². The van der Waals surface area contributed by atoms with Gasteiger partial charge in [0.25, 0.3) is 0 Å². The number of rotatable bonds is 2. The van der Waals surface area contributed by atoms with Gasteiger partial charge in [0.05, 0.1) is 5.56 Å². The van der Waals surface area contributed by atoms with Gasteiger partial charge < -0.3 is 5.73 Å². The molecule has 0 saturated carbocycles. The lowest BCUT2D eigenvalue weighted by atomic mass is 10.1. The van der Waals surface area contributed by atoms with Crippen LogP contribution < -0.4 is 5.73 Å². The van der Waals surface area contributed by atoms with Crippen molar-refractivity contribution < 1.29 is 13.2 Å². The fraction of sp³-hybridized carbons (Fsp3) is 0.167. The van der Waals surface area contributed by atoms with E-state index in [1.165, 1.54) is 23.5 Å². The molecule has 0 spiro atoms. The zero-order valence-electron chi connectivity index (χ0n) is 8.79. The van der Waals surface area contributed by atoms with Gasteiger partial charge in [-0.3, -0.25) is 0 Å². The van der Waals surface area contributed by atoms with E-state index in [0.29, 0.717) is 6.54 Å². The average Bonchev–Trinajstić information content (AvgIpc) is 2.76. The molecule has 0 radical (unpaired) electrons. The molecule has 0 amide bonds. The second kappa shape index (κ2) is 4.50. The zero-order valence-corrected chi connectivity index (χ0v) is 9.61. The Morgan fingerprint density at radius 3 is 2.12 bits per heavy atom. The second-order valence-electron chi connectivity index (χ2n) is 3.55. The van der Waals surface area contributed by atoms with Crippen molar-refractivity contribution >= 4 is 11.3 Å². The molecule has 0 unspecified atom stereocenters. The van der Waals surface area contributed by atoms with E-state index >= 15 is 0 Å². The standard InChI is InChI=1S/C12H10F3NS/c13-12(14,15)9-3-1-8(2-4-9)11-6-5-10(7-16)17-11/h1-6H,7,16H2. The highest BCUT2D eigenvalue weighted by molar-refractivity contribution is 7.15. The van der Waals surface area contributed by atoms with Crippen molar-refractivity contribution in [3.05, 3.63) is 46.8 Å². The number of benzene rings is 1. The number of hydrogen-bond donors (Lipinski definition) is 1. The highest BCUT2D eigenvalue weighted by Crippen LogP contribution is 2.32. The molecule has 5 heteroatoms. The van der Waals surface area contributed by atoms with E-state index in [0.717, 1.165) is 27.5 Å². The van der Waals surface area contributed by atoms with Crippen LogP contribution >= 0.6 is 11.3 Å². The van der Waals surface area contributed by atoms with Crippen LogP contribution in [-0.2, 0) is 12.7 Å². The number of thiophene rings is 1. The van der Waals surface area contributed by atoms with E-state index in [2.05, 4.69) is 0 Å². The van der Waals surface area contributed by atoms with Gasteiger partial charge in [-0.25, -0.2) is 0 Å². The monoisotopic (exact) mass is 257 g/mol. The molecule has 0 aliphatic carbocycles. The van der Waals surface area contributed by atoms with Crippen LogP contribution in [-0.4, -0.2) is 0 Å². The van der Waals surface area contributed by atoms with Crippen LogP contribution in [0.1, 0.15) is 10.4 Å². The molecule has 0 fully saturated rings. The van der Waals surface area contributed by atoms with Crippen LogP contribution in [0.15, 0.2) is 36.4 Å². The molecule has 1 heterocycles. The van der Waals surface area contributed by atoms with Crippen molar-refractivity contribution in [2.45, 2.75) is 12.7 Å². The van der Waals surface area contributed by atoms with Gasteiger partial charge in [-0.15, -0.1) is 11.3 Å². The summed E-state index contributed by atoms with van der Waals surface area (Å²) in [5.74, 6) is 0. The van der Waals surface area contributed by atoms with Gasteiger partial charge in [-0.2, -0.15) is 13.2 Å². The minimum Gasteiger partial charge on any atom is -0.326 e. The van der Waals surface area contributed by atoms with Crippen LogP contribution in [0.2, 0.25) is 0 Å². The molecule has 0 atom stereocenters. The first kappa shape index (κ1) is 12.1. The quantitative estimate of drug-likeness (QED) is 0.867. The lowest BCUT2D eigenvalue weighted by molar-refractivity contribution is -0.137. The molecular formula is C12H10F3NS. The summed E-state index contributed by atoms with van der Waals surface area (Å²) < 4.78 is 37.1. The summed E-state index contributed by atoms with van der Waals surface area (Å²) >= 11 is 1.49. The minimum atomic E-state index is -4.28. The largest absolute Gasteiger partial charge is 0.416 e. The molecule has 0 aliphatic rings. The maximum Gasteiger partial charge on any atom is 0.416 e. The summed E-state index contributed by atoms with van der Waals surface area (Å²) in [7, 11) is 0. The normalized spacial score (nSPS) is 11.8. The molecule has 90 valence electrons. The third kappa shape index (κ3) is 2.68. The van der Waals surface area contributed by atoms with E-state index in [1.54, 1.807) is 0 Å². The smallest absolute Gasteiger partial charge is 0.326 e. The first-order valence-corrected chi connectivity index (χ1v) is 5.79. The molecule has 17 heavy (non-hydrogen) atoms. The molecule has 1 aromatic carbocycles. The predicted molar refractivity (Wildman–Crippen MR) is 62.6 cm³/mol. The Labute approximate surface area is 101 Å². The van der Waals surface area contributed by atoms with Crippen molar-refractivity contribution in [3.8, 4) is 10.4 Å². The number of nitrogens with two attached hydrogens (primary N) is 1. The second-order valence-corrected chi connectivity index (χ2v) is 4.71. The van der Waals surface area contributed by atoms with Crippen molar-refractivity contribution in [2.24, 2.45) is 5.73 Å². The van der Waals surface area contributed by atoms with Gasteiger partial charge in [0, 0.05) is 16.3 Å². The summed E-state index contributed by atoms with van der Waals surface area (Å²) in [4.78, 5) is 1.94. The van der Waals surface area contributed by atoms with Crippen LogP contribution in [0.4, 0.5) is 13.2 Å². The highest BCUT2D eigenvalue weighted by Gasteiger charge is 2.29. The topological polar surface area (TPSA) is 26.0 Å². The van der Waals surface area contributed by atoms with Crippen LogP contribution in [0.5, 0.6) is 0 Å². The summed E-state index contributed by atoms with van der Waals surface area (Å²) in [6.45, 7) is 0.450. The Kier molecular flexibility index (Phi) is 3.22.